The molecule has 0 bridgehead atoms. The maximum Gasteiger partial charge on any atom is 0.411 e. The Morgan fingerprint density at radius 1 is 1.26 bits per heavy atom. The third kappa shape index (κ3) is 6.84. The number of anilines is 2. The summed E-state index contributed by atoms with van der Waals surface area (Å²) in [5.41, 5.74) is 0.960. The lowest BCUT2D eigenvalue weighted by molar-refractivity contribution is -0.121. The number of piperidine rings is 1. The van der Waals surface area contributed by atoms with E-state index in [0.29, 0.717) is 29.9 Å². The SMILES string of the molecule is CCCOC(=O)Nc1ccc(N2CCCC(CCN(C=O)C3CCCCC3)C2)c(F)c1. The Labute approximate surface area is 185 Å². The lowest BCUT2D eigenvalue weighted by Crippen LogP contribution is -2.40. The van der Waals surface area contributed by atoms with Gasteiger partial charge in [-0.2, -0.15) is 0 Å². The van der Waals surface area contributed by atoms with Gasteiger partial charge in [0.05, 0.1) is 12.3 Å². The van der Waals surface area contributed by atoms with Crippen LogP contribution in [0.4, 0.5) is 20.6 Å². The number of halogens is 1. The summed E-state index contributed by atoms with van der Waals surface area (Å²) in [6, 6.07) is 5.19. The number of nitrogens with zero attached hydrogens (tertiary/aromatic N) is 2. The molecule has 1 unspecified atom stereocenters. The lowest BCUT2D eigenvalue weighted by atomic mass is 9.92. The van der Waals surface area contributed by atoms with Gasteiger partial charge in [-0.1, -0.05) is 26.2 Å². The standard InChI is InChI=1S/C24H36FN3O3/c1-2-15-31-24(30)26-20-10-11-23(22(25)16-20)27-13-6-7-19(17-27)12-14-28(18-29)21-8-4-3-5-9-21/h10-11,16,18-19,21H,2-9,12-15,17H2,1H3,(H,26,30). The van der Waals surface area contributed by atoms with E-state index in [9.17, 15) is 14.0 Å². The van der Waals surface area contributed by atoms with Gasteiger partial charge in [0.25, 0.3) is 0 Å². The van der Waals surface area contributed by atoms with Crippen LogP contribution in [0.3, 0.4) is 0 Å². The summed E-state index contributed by atoms with van der Waals surface area (Å²) in [5.74, 6) is 0.103. The number of amides is 2. The van der Waals surface area contributed by atoms with Crippen LogP contribution in [0.25, 0.3) is 0 Å². The molecule has 0 aromatic heterocycles. The second-order valence-corrected chi connectivity index (χ2v) is 8.81. The highest BCUT2D eigenvalue weighted by molar-refractivity contribution is 5.84. The van der Waals surface area contributed by atoms with Crippen molar-refractivity contribution >= 4 is 23.9 Å². The van der Waals surface area contributed by atoms with Crippen LogP contribution in [0, 0.1) is 11.7 Å². The van der Waals surface area contributed by atoms with Crippen molar-refractivity contribution in [1.29, 1.82) is 0 Å². The molecule has 0 spiro atoms. The molecule has 1 saturated carbocycles. The monoisotopic (exact) mass is 433 g/mol. The minimum absolute atomic E-state index is 0.337. The van der Waals surface area contributed by atoms with Gasteiger partial charge in [-0.15, -0.1) is 0 Å². The van der Waals surface area contributed by atoms with Crippen molar-refractivity contribution < 1.29 is 18.7 Å². The molecule has 31 heavy (non-hydrogen) atoms. The molecule has 1 aromatic carbocycles. The maximum absolute atomic E-state index is 14.8. The van der Waals surface area contributed by atoms with E-state index < -0.39 is 6.09 Å². The van der Waals surface area contributed by atoms with E-state index in [4.69, 9.17) is 4.74 Å². The molecule has 1 aliphatic heterocycles. The van der Waals surface area contributed by atoms with Crippen LogP contribution in [-0.4, -0.2) is 49.7 Å². The highest BCUT2D eigenvalue weighted by Crippen LogP contribution is 2.29. The van der Waals surface area contributed by atoms with Gasteiger partial charge in [-0.05, 0) is 62.6 Å². The van der Waals surface area contributed by atoms with Crippen LogP contribution in [0.2, 0.25) is 0 Å². The van der Waals surface area contributed by atoms with Crippen LogP contribution in [0.15, 0.2) is 18.2 Å². The molecular weight excluding hydrogens is 397 g/mol. The number of ether oxygens (including phenoxy) is 1. The fraction of sp³-hybridized carbons (Fsp3) is 0.667. The molecule has 2 aliphatic rings. The summed E-state index contributed by atoms with van der Waals surface area (Å²) in [6.07, 6.45) is 10.2. The zero-order valence-corrected chi connectivity index (χ0v) is 18.7. The molecule has 3 rings (SSSR count). The normalized spacial score (nSPS) is 19.7. The Hall–Kier alpha value is -2.31. The molecule has 1 N–H and O–H groups in total. The van der Waals surface area contributed by atoms with Crippen molar-refractivity contribution in [2.75, 3.05) is 36.5 Å². The third-order valence-electron chi connectivity index (χ3n) is 6.47. The highest BCUT2D eigenvalue weighted by atomic mass is 19.1. The van der Waals surface area contributed by atoms with Gasteiger partial charge in [-0.25, -0.2) is 9.18 Å². The Kier molecular flexibility index (Phi) is 8.98. The fourth-order valence-electron chi connectivity index (χ4n) is 4.77. The Morgan fingerprint density at radius 3 is 2.77 bits per heavy atom. The average Bonchev–Trinajstić information content (AvgIpc) is 2.79. The van der Waals surface area contributed by atoms with Crippen molar-refractivity contribution in [2.45, 2.75) is 70.8 Å². The van der Waals surface area contributed by atoms with Gasteiger partial charge in [0.2, 0.25) is 6.41 Å². The van der Waals surface area contributed by atoms with E-state index in [1.807, 2.05) is 11.8 Å². The molecule has 1 atom stereocenters. The van der Waals surface area contributed by atoms with Gasteiger partial charge in [-0.3, -0.25) is 10.1 Å². The predicted octanol–water partition coefficient (Wildman–Crippen LogP) is 5.18. The smallest absolute Gasteiger partial charge is 0.411 e. The number of rotatable bonds is 9. The minimum atomic E-state index is -0.565. The number of benzene rings is 1. The van der Waals surface area contributed by atoms with Crippen LogP contribution >= 0.6 is 0 Å². The number of hydrogen-bond acceptors (Lipinski definition) is 4. The van der Waals surface area contributed by atoms with Gasteiger partial charge >= 0.3 is 6.09 Å². The first-order chi connectivity index (χ1) is 15.1. The number of hydrogen-bond donors (Lipinski definition) is 1. The van der Waals surface area contributed by atoms with Crippen LogP contribution in [-0.2, 0) is 9.53 Å². The van der Waals surface area contributed by atoms with Crippen LogP contribution in [0.1, 0.15) is 64.7 Å². The molecule has 172 valence electrons. The van der Waals surface area contributed by atoms with Crippen molar-refractivity contribution in [1.82, 2.24) is 4.90 Å². The van der Waals surface area contributed by atoms with Gasteiger partial charge in [0.1, 0.15) is 5.82 Å². The molecule has 1 aromatic rings. The van der Waals surface area contributed by atoms with Crippen molar-refractivity contribution in [3.8, 4) is 0 Å². The van der Waals surface area contributed by atoms with E-state index in [1.165, 1.54) is 25.3 Å². The molecule has 1 saturated heterocycles. The van der Waals surface area contributed by atoms with Crippen LogP contribution < -0.4 is 10.2 Å². The molecule has 0 radical (unpaired) electrons. The number of carbonyl (C=O) groups is 2. The van der Waals surface area contributed by atoms with E-state index in [0.717, 1.165) is 64.6 Å². The summed E-state index contributed by atoms with van der Waals surface area (Å²) in [5, 5.41) is 2.57. The summed E-state index contributed by atoms with van der Waals surface area (Å²) in [6.45, 7) is 4.65. The van der Waals surface area contributed by atoms with Crippen molar-refractivity contribution in [2.24, 2.45) is 5.92 Å². The van der Waals surface area contributed by atoms with E-state index >= 15 is 0 Å². The van der Waals surface area contributed by atoms with Crippen molar-refractivity contribution in [3.05, 3.63) is 24.0 Å². The molecule has 1 aliphatic carbocycles. The van der Waals surface area contributed by atoms with Gasteiger partial charge in [0, 0.05) is 31.4 Å². The molecule has 2 amide bonds. The zero-order valence-electron chi connectivity index (χ0n) is 18.7. The largest absolute Gasteiger partial charge is 0.449 e. The summed E-state index contributed by atoms with van der Waals surface area (Å²) in [4.78, 5) is 27.4. The van der Waals surface area contributed by atoms with E-state index in [2.05, 4.69) is 10.2 Å². The lowest BCUT2D eigenvalue weighted by Gasteiger charge is -2.37. The number of carbonyl (C=O) groups excluding carboxylic acids is 2. The third-order valence-corrected chi connectivity index (χ3v) is 6.47. The first kappa shape index (κ1) is 23.4. The average molecular weight is 434 g/mol. The zero-order chi connectivity index (χ0) is 22.1. The molecular formula is C24H36FN3O3. The molecule has 7 heteroatoms. The Bertz CT molecular complexity index is 724. The van der Waals surface area contributed by atoms with Crippen molar-refractivity contribution in [3.63, 3.8) is 0 Å². The minimum Gasteiger partial charge on any atom is -0.449 e. The quantitative estimate of drug-likeness (QED) is 0.545. The van der Waals surface area contributed by atoms with Gasteiger partial charge in [0.15, 0.2) is 0 Å². The Morgan fingerprint density at radius 2 is 2.06 bits per heavy atom. The van der Waals surface area contributed by atoms with Crippen LogP contribution in [0.5, 0.6) is 0 Å². The van der Waals surface area contributed by atoms with E-state index in [-0.39, 0.29) is 5.82 Å². The van der Waals surface area contributed by atoms with E-state index in [1.54, 1.807) is 12.1 Å². The molecule has 2 fully saturated rings. The second-order valence-electron chi connectivity index (χ2n) is 8.81. The summed E-state index contributed by atoms with van der Waals surface area (Å²) < 4.78 is 19.8. The topological polar surface area (TPSA) is 61.9 Å². The second kappa shape index (κ2) is 11.9. The predicted molar refractivity (Wildman–Crippen MR) is 121 cm³/mol. The summed E-state index contributed by atoms with van der Waals surface area (Å²) in [7, 11) is 0. The maximum atomic E-state index is 14.8. The Balaban J connectivity index is 1.53. The summed E-state index contributed by atoms with van der Waals surface area (Å²) >= 11 is 0. The molecule has 6 nitrogen and oxygen atoms in total. The number of nitrogens with one attached hydrogen (secondary N) is 1. The first-order valence-electron chi connectivity index (χ1n) is 11.8. The first-order valence-corrected chi connectivity index (χ1v) is 11.8. The molecule has 1 heterocycles. The van der Waals surface area contributed by atoms with Gasteiger partial charge < -0.3 is 14.5 Å². The highest BCUT2D eigenvalue weighted by Gasteiger charge is 2.25. The fourth-order valence-corrected chi connectivity index (χ4v) is 4.77.